The lowest BCUT2D eigenvalue weighted by molar-refractivity contribution is 0.224. The van der Waals surface area contributed by atoms with Crippen molar-refractivity contribution in [2.75, 3.05) is 6.54 Å². The third-order valence-electron chi connectivity index (χ3n) is 5.37. The number of benzene rings is 2. The summed E-state index contributed by atoms with van der Waals surface area (Å²) in [5.74, 6) is 0.749. The van der Waals surface area contributed by atoms with Crippen LogP contribution in [0.1, 0.15) is 52.7 Å². The molecule has 3 rings (SSSR count). The Kier molecular flexibility index (Phi) is 6.03. The molecule has 1 saturated heterocycles. The van der Waals surface area contributed by atoms with Crippen LogP contribution in [0.3, 0.4) is 0 Å². The molecule has 1 atom stereocenters. The molecule has 30 heavy (non-hydrogen) atoms. The Labute approximate surface area is 181 Å². The summed E-state index contributed by atoms with van der Waals surface area (Å²) in [5.41, 5.74) is 3.25. The number of hydrogen-bond donors (Lipinski definition) is 0. The number of rotatable bonds is 3. The van der Waals surface area contributed by atoms with E-state index in [-0.39, 0.29) is 17.1 Å². The number of aliphatic imine (C=N–C) groups is 1. The summed E-state index contributed by atoms with van der Waals surface area (Å²) in [6.07, 6.45) is 4.38. The monoisotopic (exact) mass is 400 g/mol. The molecule has 0 bridgehead atoms. The van der Waals surface area contributed by atoms with Gasteiger partial charge in [-0.25, -0.2) is 0 Å². The molecule has 0 amide bonds. The third-order valence-corrected chi connectivity index (χ3v) is 5.37. The van der Waals surface area contributed by atoms with Crippen LogP contribution in [0.25, 0.3) is 5.57 Å². The fourth-order valence-corrected chi connectivity index (χ4v) is 4.07. The Morgan fingerprint density at radius 3 is 1.80 bits per heavy atom. The molecule has 4 nitrogen and oxygen atoms in total. The lowest BCUT2D eigenvalue weighted by Gasteiger charge is -2.39. The standard InChI is InChI=1S/C26H32N4/c1-25(2,3)29-18-22(30(26(4,5)6)24(29)28-19-27)17-23(20-13-9-7-10-14-20)21-15-11-8-12-16-21/h7-17,22H,18H2,1-6H3. The van der Waals surface area contributed by atoms with Gasteiger partial charge in [-0.1, -0.05) is 66.7 Å². The molecule has 2 aromatic rings. The highest BCUT2D eigenvalue weighted by atomic mass is 15.5. The van der Waals surface area contributed by atoms with E-state index in [1.807, 2.05) is 18.3 Å². The zero-order chi connectivity index (χ0) is 21.9. The third kappa shape index (κ3) is 4.57. The molecule has 0 radical (unpaired) electrons. The van der Waals surface area contributed by atoms with Crippen LogP contribution in [-0.2, 0) is 0 Å². The molecule has 0 spiro atoms. The quantitative estimate of drug-likeness (QED) is 0.636. The summed E-state index contributed by atoms with van der Waals surface area (Å²) in [4.78, 5) is 8.80. The van der Waals surface area contributed by atoms with Gasteiger partial charge in [0, 0.05) is 17.6 Å². The van der Waals surface area contributed by atoms with Crippen LogP contribution < -0.4 is 0 Å². The highest BCUT2D eigenvalue weighted by Gasteiger charge is 2.44. The van der Waals surface area contributed by atoms with Crippen molar-refractivity contribution >= 4 is 11.5 Å². The van der Waals surface area contributed by atoms with Gasteiger partial charge in [-0.2, -0.15) is 5.26 Å². The van der Waals surface area contributed by atoms with Crippen molar-refractivity contribution in [1.29, 1.82) is 5.26 Å². The topological polar surface area (TPSA) is 42.6 Å². The van der Waals surface area contributed by atoms with Crippen molar-refractivity contribution in [2.24, 2.45) is 4.99 Å². The van der Waals surface area contributed by atoms with Crippen LogP contribution in [0.4, 0.5) is 0 Å². The van der Waals surface area contributed by atoms with Gasteiger partial charge in [0.05, 0.1) is 6.04 Å². The zero-order valence-corrected chi connectivity index (χ0v) is 18.9. The molecule has 4 heteroatoms. The molecule has 2 aromatic carbocycles. The first kappa shape index (κ1) is 21.6. The van der Waals surface area contributed by atoms with E-state index in [4.69, 9.17) is 0 Å². The molecule has 0 saturated carbocycles. The van der Waals surface area contributed by atoms with Crippen LogP contribution in [-0.4, -0.2) is 39.4 Å². The first-order chi connectivity index (χ1) is 14.1. The van der Waals surface area contributed by atoms with E-state index in [9.17, 15) is 5.26 Å². The predicted molar refractivity (Wildman–Crippen MR) is 125 cm³/mol. The largest absolute Gasteiger partial charge is 0.335 e. The second-order valence-electron chi connectivity index (χ2n) is 9.71. The van der Waals surface area contributed by atoms with Crippen LogP contribution >= 0.6 is 0 Å². The first-order valence-corrected chi connectivity index (χ1v) is 10.5. The van der Waals surface area contributed by atoms with Gasteiger partial charge in [-0.05, 0) is 58.2 Å². The minimum absolute atomic E-state index is 0.0896. The lowest BCUT2D eigenvalue weighted by Crippen LogP contribution is -2.51. The van der Waals surface area contributed by atoms with Crippen molar-refractivity contribution in [2.45, 2.75) is 58.7 Å². The Morgan fingerprint density at radius 2 is 1.40 bits per heavy atom. The summed E-state index contributed by atoms with van der Waals surface area (Å²) in [6.45, 7) is 13.8. The average Bonchev–Trinajstić information content (AvgIpc) is 3.07. The van der Waals surface area contributed by atoms with Gasteiger partial charge in [0.1, 0.15) is 0 Å². The van der Waals surface area contributed by atoms with Crippen LogP contribution in [0.15, 0.2) is 71.7 Å². The van der Waals surface area contributed by atoms with Crippen molar-refractivity contribution in [1.82, 2.24) is 9.80 Å². The first-order valence-electron chi connectivity index (χ1n) is 10.5. The summed E-state index contributed by atoms with van der Waals surface area (Å²) < 4.78 is 0. The van der Waals surface area contributed by atoms with Gasteiger partial charge in [0.2, 0.25) is 12.2 Å². The van der Waals surface area contributed by atoms with Crippen LogP contribution in [0.2, 0.25) is 0 Å². The summed E-state index contributed by atoms with van der Waals surface area (Å²) >= 11 is 0. The Hall–Kier alpha value is -3.06. The second-order valence-corrected chi connectivity index (χ2v) is 9.71. The highest BCUT2D eigenvalue weighted by Crippen LogP contribution is 2.34. The van der Waals surface area contributed by atoms with E-state index in [1.165, 1.54) is 16.7 Å². The van der Waals surface area contributed by atoms with Crippen LogP contribution in [0.5, 0.6) is 0 Å². The average molecular weight is 401 g/mol. The fourth-order valence-electron chi connectivity index (χ4n) is 4.07. The number of nitriles is 1. The maximum atomic E-state index is 9.41. The minimum atomic E-state index is -0.185. The Bertz CT molecular complexity index is 913. The minimum Gasteiger partial charge on any atom is -0.335 e. The molecule has 1 heterocycles. The molecule has 1 fully saturated rings. The molecule has 1 aliphatic heterocycles. The van der Waals surface area contributed by atoms with Gasteiger partial charge in [0.25, 0.3) is 0 Å². The Balaban J connectivity index is 2.17. The molecular formula is C26H32N4. The maximum Gasteiger partial charge on any atom is 0.214 e. The fraction of sp³-hybridized carbons (Fsp3) is 0.385. The van der Waals surface area contributed by atoms with Crippen molar-refractivity contribution in [3.05, 3.63) is 77.9 Å². The highest BCUT2D eigenvalue weighted by molar-refractivity contribution is 5.87. The number of guanidine groups is 1. The van der Waals surface area contributed by atoms with E-state index in [0.717, 1.165) is 12.5 Å². The lowest BCUT2D eigenvalue weighted by atomic mass is 9.94. The molecule has 156 valence electrons. The van der Waals surface area contributed by atoms with Crippen LogP contribution in [0, 0.1) is 11.5 Å². The Morgan fingerprint density at radius 1 is 0.900 bits per heavy atom. The molecular weight excluding hydrogens is 368 g/mol. The van der Waals surface area contributed by atoms with Gasteiger partial charge in [0.15, 0.2) is 0 Å². The molecule has 1 aliphatic rings. The van der Waals surface area contributed by atoms with Crippen molar-refractivity contribution < 1.29 is 0 Å². The van der Waals surface area contributed by atoms with E-state index >= 15 is 0 Å². The second kappa shape index (κ2) is 8.36. The number of hydrogen-bond acceptors (Lipinski definition) is 2. The number of nitrogens with zero attached hydrogens (tertiary/aromatic N) is 4. The van der Waals surface area contributed by atoms with Gasteiger partial charge in [-0.15, -0.1) is 4.99 Å². The molecule has 1 unspecified atom stereocenters. The van der Waals surface area contributed by atoms with Gasteiger partial charge < -0.3 is 9.80 Å². The summed E-state index contributed by atoms with van der Waals surface area (Å²) in [6, 6.07) is 21.1. The molecule has 0 aliphatic carbocycles. The molecule has 0 N–H and O–H groups in total. The summed E-state index contributed by atoms with van der Waals surface area (Å²) in [7, 11) is 0. The molecule has 0 aromatic heterocycles. The van der Waals surface area contributed by atoms with E-state index in [0.29, 0.717) is 0 Å². The van der Waals surface area contributed by atoms with Crippen molar-refractivity contribution in [3.63, 3.8) is 0 Å². The smallest absolute Gasteiger partial charge is 0.214 e. The SMILES string of the molecule is CC(C)(C)N1CC(C=C(c2ccccc2)c2ccccc2)N(C(C)(C)C)C1=NC#N. The van der Waals surface area contributed by atoms with Gasteiger partial charge in [-0.3, -0.25) is 0 Å². The van der Waals surface area contributed by atoms with E-state index in [2.05, 4.69) is 111 Å². The predicted octanol–water partition coefficient (Wildman–Crippen LogP) is 5.54. The van der Waals surface area contributed by atoms with E-state index in [1.54, 1.807) is 0 Å². The van der Waals surface area contributed by atoms with Gasteiger partial charge >= 0.3 is 0 Å². The van der Waals surface area contributed by atoms with Crippen molar-refractivity contribution in [3.8, 4) is 6.19 Å². The maximum absolute atomic E-state index is 9.41. The summed E-state index contributed by atoms with van der Waals surface area (Å²) in [5, 5.41) is 9.41. The van der Waals surface area contributed by atoms with E-state index < -0.39 is 0 Å². The zero-order valence-electron chi connectivity index (χ0n) is 18.9. The normalized spacial score (nSPS) is 18.4.